The van der Waals surface area contributed by atoms with Crippen LogP contribution < -0.4 is 16.5 Å². The monoisotopic (exact) mass is 190 g/mol. The number of hydrogen-bond acceptors (Lipinski definition) is 2. The zero-order chi connectivity index (χ0) is 10.6. The molecule has 0 saturated carbocycles. The summed E-state index contributed by atoms with van der Waals surface area (Å²) < 4.78 is 0. The van der Waals surface area contributed by atoms with E-state index in [4.69, 9.17) is 11.6 Å². The highest BCUT2D eigenvalue weighted by Crippen LogP contribution is 2.16. The lowest BCUT2D eigenvalue weighted by Crippen LogP contribution is -2.36. The maximum Gasteiger partial charge on any atom is 0.222 e. The third-order valence-electron chi connectivity index (χ3n) is 1.76. The Morgan fingerprint density at radius 2 is 1.93 bits per heavy atom. The first-order valence-corrected chi connectivity index (χ1v) is 4.21. The third kappa shape index (κ3) is 2.04. The third-order valence-corrected chi connectivity index (χ3v) is 1.76. The summed E-state index contributed by atoms with van der Waals surface area (Å²) in [5.74, 6) is 5.35. The van der Waals surface area contributed by atoms with E-state index in [9.17, 15) is 0 Å². The van der Waals surface area contributed by atoms with E-state index < -0.39 is 0 Å². The molecule has 4 N–H and O–H groups in total. The van der Waals surface area contributed by atoms with Gasteiger partial charge in [0, 0.05) is 11.4 Å². The highest BCUT2D eigenvalue weighted by Gasteiger charge is 2.10. The second kappa shape index (κ2) is 4.32. The average molecular weight is 190 g/mol. The zero-order valence-electron chi connectivity index (χ0n) is 8.14. The van der Waals surface area contributed by atoms with Crippen LogP contribution in [0.1, 0.15) is 6.92 Å². The predicted molar refractivity (Wildman–Crippen MR) is 59.5 cm³/mol. The summed E-state index contributed by atoms with van der Waals surface area (Å²) >= 11 is 0. The van der Waals surface area contributed by atoms with Crippen LogP contribution in [0, 0.1) is 0 Å². The largest absolute Gasteiger partial charge is 0.368 e. The summed E-state index contributed by atoms with van der Waals surface area (Å²) in [7, 11) is 0. The molecule has 0 radical (unpaired) electrons. The lowest BCUT2D eigenvalue weighted by Gasteiger charge is -2.22. The Kier molecular flexibility index (Phi) is 3.12. The summed E-state index contributed by atoms with van der Waals surface area (Å²) in [4.78, 5) is 1.68. The number of hydrogen-bond donors (Lipinski definition) is 2. The number of rotatable bonds is 2. The van der Waals surface area contributed by atoms with Crippen LogP contribution in [0.25, 0.3) is 0 Å². The van der Waals surface area contributed by atoms with E-state index >= 15 is 0 Å². The summed E-state index contributed by atoms with van der Waals surface area (Å²) in [6.45, 7) is 5.65. The molecule has 74 valence electrons. The second-order valence-corrected chi connectivity index (χ2v) is 2.89. The average Bonchev–Trinajstić information content (AvgIpc) is 2.19. The molecule has 4 nitrogen and oxygen atoms in total. The summed E-state index contributed by atoms with van der Waals surface area (Å²) in [6, 6.07) is 9.57. The van der Waals surface area contributed by atoms with Gasteiger partial charge in [0.05, 0.1) is 0 Å². The van der Waals surface area contributed by atoms with E-state index in [1.807, 2.05) is 37.3 Å². The molecule has 0 saturated heterocycles. The summed E-state index contributed by atoms with van der Waals surface area (Å²) in [5, 5.41) is 3.45. The van der Waals surface area contributed by atoms with Crippen molar-refractivity contribution in [1.82, 2.24) is 0 Å². The molecule has 0 unspecified atom stereocenters. The maximum absolute atomic E-state index is 5.64. The van der Waals surface area contributed by atoms with Gasteiger partial charge >= 0.3 is 0 Å². The number of nitrogens with two attached hydrogens (primary N) is 2. The fourth-order valence-corrected chi connectivity index (χ4v) is 1.18. The zero-order valence-corrected chi connectivity index (χ0v) is 8.14. The van der Waals surface area contributed by atoms with Crippen LogP contribution in [0.2, 0.25) is 0 Å². The molecule has 1 rings (SSSR count). The molecule has 0 spiro atoms. The van der Waals surface area contributed by atoms with Gasteiger partial charge in [-0.25, -0.2) is 0 Å². The minimum absolute atomic E-state index is 0.226. The van der Waals surface area contributed by atoms with Crippen LogP contribution in [0.3, 0.4) is 0 Å². The Morgan fingerprint density at radius 1 is 1.36 bits per heavy atom. The molecule has 0 heterocycles. The summed E-state index contributed by atoms with van der Waals surface area (Å²) in [6.07, 6.45) is 0. The minimum atomic E-state index is 0.226. The minimum Gasteiger partial charge on any atom is -0.368 e. The number of hydrazone groups is 1. The van der Waals surface area contributed by atoms with E-state index in [0.29, 0.717) is 0 Å². The number of anilines is 1. The second-order valence-electron chi connectivity index (χ2n) is 2.89. The topological polar surface area (TPSA) is 67.6 Å². The van der Waals surface area contributed by atoms with E-state index in [1.165, 1.54) is 0 Å². The van der Waals surface area contributed by atoms with Crippen molar-refractivity contribution in [3.63, 3.8) is 0 Å². The van der Waals surface area contributed by atoms with Crippen molar-refractivity contribution in [2.75, 3.05) is 4.90 Å². The number of guanidine groups is 1. The molecular formula is C10H14N4. The van der Waals surface area contributed by atoms with E-state index in [2.05, 4.69) is 11.7 Å². The Labute approximate surface area is 83.5 Å². The fraction of sp³-hybridized carbons (Fsp3) is 0.100. The van der Waals surface area contributed by atoms with Crippen molar-refractivity contribution >= 4 is 11.6 Å². The summed E-state index contributed by atoms with van der Waals surface area (Å²) in [5.41, 5.74) is 7.30. The van der Waals surface area contributed by atoms with Crippen LogP contribution in [-0.4, -0.2) is 5.96 Å². The van der Waals surface area contributed by atoms with Gasteiger partial charge in [0.25, 0.3) is 0 Å². The smallest absolute Gasteiger partial charge is 0.222 e. The van der Waals surface area contributed by atoms with Crippen LogP contribution in [0.4, 0.5) is 5.69 Å². The Morgan fingerprint density at radius 3 is 2.36 bits per heavy atom. The molecule has 1 aromatic carbocycles. The molecule has 4 heteroatoms. The predicted octanol–water partition coefficient (Wildman–Crippen LogP) is 1.21. The molecule has 0 aliphatic rings. The Bertz CT molecular complexity index is 342. The number of benzene rings is 1. The SMILES string of the molecule is C=C(C)N(C(N)=NN)c1ccccc1. The van der Waals surface area contributed by atoms with Crippen LogP contribution >= 0.6 is 0 Å². The van der Waals surface area contributed by atoms with Gasteiger partial charge in [-0.1, -0.05) is 24.8 Å². The number of allylic oxidation sites excluding steroid dienone is 1. The molecule has 0 aliphatic carbocycles. The number of para-hydroxylation sites is 1. The van der Waals surface area contributed by atoms with Gasteiger partial charge < -0.3 is 11.6 Å². The molecule has 0 aliphatic heterocycles. The van der Waals surface area contributed by atoms with Crippen molar-refractivity contribution in [1.29, 1.82) is 0 Å². The first-order chi connectivity index (χ1) is 6.66. The van der Waals surface area contributed by atoms with Crippen molar-refractivity contribution in [2.24, 2.45) is 16.7 Å². The van der Waals surface area contributed by atoms with Gasteiger partial charge in [0.1, 0.15) is 0 Å². The van der Waals surface area contributed by atoms with Gasteiger partial charge in [0.15, 0.2) is 0 Å². The van der Waals surface area contributed by atoms with E-state index in [-0.39, 0.29) is 5.96 Å². The van der Waals surface area contributed by atoms with Crippen LogP contribution in [0.15, 0.2) is 47.7 Å². The lowest BCUT2D eigenvalue weighted by atomic mass is 10.3. The van der Waals surface area contributed by atoms with Gasteiger partial charge in [0.2, 0.25) is 5.96 Å². The van der Waals surface area contributed by atoms with Gasteiger partial charge in [-0.2, -0.15) is 0 Å². The molecule has 0 atom stereocenters. The van der Waals surface area contributed by atoms with Crippen molar-refractivity contribution in [2.45, 2.75) is 6.92 Å². The first-order valence-electron chi connectivity index (χ1n) is 4.21. The van der Waals surface area contributed by atoms with Crippen LogP contribution in [-0.2, 0) is 0 Å². The molecule has 0 amide bonds. The van der Waals surface area contributed by atoms with Crippen molar-refractivity contribution < 1.29 is 0 Å². The fourth-order valence-electron chi connectivity index (χ4n) is 1.18. The van der Waals surface area contributed by atoms with Gasteiger partial charge in [-0.05, 0) is 19.1 Å². The van der Waals surface area contributed by atoms with E-state index in [1.54, 1.807) is 4.90 Å². The first kappa shape index (κ1) is 10.1. The molecular weight excluding hydrogens is 176 g/mol. The van der Waals surface area contributed by atoms with Crippen molar-refractivity contribution in [3.05, 3.63) is 42.6 Å². The normalized spacial score (nSPS) is 11.1. The number of nitrogens with zero attached hydrogens (tertiary/aromatic N) is 2. The van der Waals surface area contributed by atoms with Crippen LogP contribution in [0.5, 0.6) is 0 Å². The highest BCUT2D eigenvalue weighted by molar-refractivity contribution is 5.97. The lowest BCUT2D eigenvalue weighted by molar-refractivity contribution is 1.13. The standard InChI is InChI=1S/C10H14N4/c1-8(2)14(10(11)13-12)9-6-4-3-5-7-9/h3-7H,1,12H2,2H3,(H2,11,13). The molecule has 14 heavy (non-hydrogen) atoms. The molecule has 0 aromatic heterocycles. The highest BCUT2D eigenvalue weighted by atomic mass is 15.3. The quantitative estimate of drug-likeness (QED) is 0.319. The molecule has 1 aromatic rings. The Hall–Kier alpha value is -1.97. The van der Waals surface area contributed by atoms with E-state index in [0.717, 1.165) is 11.4 Å². The van der Waals surface area contributed by atoms with Gasteiger partial charge in [-0.15, -0.1) is 5.10 Å². The van der Waals surface area contributed by atoms with Crippen molar-refractivity contribution in [3.8, 4) is 0 Å². The Balaban J connectivity index is 3.08. The molecule has 0 bridgehead atoms. The van der Waals surface area contributed by atoms with Gasteiger partial charge in [-0.3, -0.25) is 4.90 Å². The maximum atomic E-state index is 5.64. The molecule has 0 fully saturated rings.